The lowest BCUT2D eigenvalue weighted by Gasteiger charge is -2.06. The molecule has 8 heteroatoms. The summed E-state index contributed by atoms with van der Waals surface area (Å²) in [5, 5.41) is 14.7. The highest BCUT2D eigenvalue weighted by Crippen LogP contribution is 2.17. The summed E-state index contributed by atoms with van der Waals surface area (Å²) in [4.78, 5) is 16.5. The quantitative estimate of drug-likeness (QED) is 0.725. The monoisotopic (exact) mass is 326 g/mol. The van der Waals surface area contributed by atoms with E-state index in [4.69, 9.17) is 0 Å². The van der Waals surface area contributed by atoms with Gasteiger partial charge < -0.3 is 5.32 Å². The smallest absolute Gasteiger partial charge is 0.255 e. The normalized spacial score (nSPS) is 10.5. The molecule has 0 saturated carbocycles. The Morgan fingerprint density at radius 1 is 1.22 bits per heavy atom. The van der Waals surface area contributed by atoms with Gasteiger partial charge in [-0.25, -0.2) is 9.67 Å². The first-order chi connectivity index (χ1) is 11.3. The first-order valence-electron chi connectivity index (χ1n) is 7.00. The number of rotatable bonds is 5. The van der Waals surface area contributed by atoms with E-state index in [0.717, 1.165) is 16.5 Å². The molecule has 0 aliphatic carbocycles. The number of nitrogens with one attached hydrogen (secondary N) is 1. The van der Waals surface area contributed by atoms with Crippen LogP contribution in [0.1, 0.15) is 17.3 Å². The predicted octanol–water partition coefficient (Wildman–Crippen LogP) is 2.42. The Bertz CT molecular complexity index is 771. The highest BCUT2D eigenvalue weighted by molar-refractivity contribution is 7.99. The first kappa shape index (κ1) is 15.2. The molecule has 1 amide bonds. The Hall–Kier alpha value is -2.74. The van der Waals surface area contributed by atoms with Gasteiger partial charge in [-0.2, -0.15) is 0 Å². The van der Waals surface area contributed by atoms with Crippen LogP contribution in [0.2, 0.25) is 0 Å². The van der Waals surface area contributed by atoms with E-state index in [-0.39, 0.29) is 5.91 Å². The number of thioether (sulfide) groups is 1. The molecule has 0 unspecified atom stereocenters. The maximum atomic E-state index is 12.2. The molecule has 3 rings (SSSR count). The third-order valence-electron chi connectivity index (χ3n) is 3.03. The van der Waals surface area contributed by atoms with Crippen molar-refractivity contribution in [2.45, 2.75) is 11.9 Å². The number of amides is 1. The van der Waals surface area contributed by atoms with Crippen LogP contribution in [-0.4, -0.2) is 36.9 Å². The summed E-state index contributed by atoms with van der Waals surface area (Å²) < 4.78 is 1.52. The van der Waals surface area contributed by atoms with Crippen LogP contribution in [0.3, 0.4) is 0 Å². The number of hydrogen-bond donors (Lipinski definition) is 1. The van der Waals surface area contributed by atoms with Gasteiger partial charge in [0.05, 0.1) is 22.6 Å². The van der Waals surface area contributed by atoms with Crippen molar-refractivity contribution in [3.63, 3.8) is 0 Å². The van der Waals surface area contributed by atoms with Crippen LogP contribution in [0.25, 0.3) is 5.69 Å². The molecular formula is C15H14N6OS. The number of anilines is 1. The van der Waals surface area contributed by atoms with Gasteiger partial charge >= 0.3 is 0 Å². The van der Waals surface area contributed by atoms with E-state index in [1.807, 2.05) is 12.1 Å². The summed E-state index contributed by atoms with van der Waals surface area (Å²) in [6.07, 6.45) is 3.15. The summed E-state index contributed by atoms with van der Waals surface area (Å²) >= 11 is 1.66. The van der Waals surface area contributed by atoms with Gasteiger partial charge in [-0.3, -0.25) is 4.79 Å². The molecule has 2 aromatic heterocycles. The highest BCUT2D eigenvalue weighted by atomic mass is 32.2. The molecule has 1 aromatic carbocycles. The molecule has 1 N–H and O–H groups in total. The largest absolute Gasteiger partial charge is 0.321 e. The molecule has 0 aliphatic heterocycles. The molecule has 23 heavy (non-hydrogen) atoms. The lowest BCUT2D eigenvalue weighted by molar-refractivity contribution is 0.102. The number of hydrogen-bond acceptors (Lipinski definition) is 6. The number of pyridine rings is 1. The summed E-state index contributed by atoms with van der Waals surface area (Å²) in [5.41, 5.74) is 2.00. The average Bonchev–Trinajstić information content (AvgIpc) is 3.11. The minimum absolute atomic E-state index is 0.189. The zero-order chi connectivity index (χ0) is 16.1. The fourth-order valence-corrected chi connectivity index (χ4v) is 2.52. The molecule has 116 valence electrons. The molecule has 0 bridgehead atoms. The molecule has 0 atom stereocenters. The van der Waals surface area contributed by atoms with Crippen LogP contribution in [0.15, 0.2) is 53.9 Å². The number of aromatic nitrogens is 5. The SMILES string of the molecule is CCSc1ccc(NC(=O)c2ccc(-n3cnnn3)cc2)cn1. The van der Waals surface area contributed by atoms with Crippen LogP contribution in [0.4, 0.5) is 5.69 Å². The Morgan fingerprint density at radius 3 is 2.65 bits per heavy atom. The fourth-order valence-electron chi connectivity index (χ4n) is 1.94. The topological polar surface area (TPSA) is 85.6 Å². The van der Waals surface area contributed by atoms with Gasteiger partial charge in [-0.1, -0.05) is 6.92 Å². The second kappa shape index (κ2) is 7.01. The van der Waals surface area contributed by atoms with Gasteiger partial charge in [0.15, 0.2) is 0 Å². The maximum Gasteiger partial charge on any atom is 0.255 e. The minimum atomic E-state index is -0.189. The van der Waals surface area contributed by atoms with Crippen molar-refractivity contribution < 1.29 is 4.79 Å². The molecule has 0 spiro atoms. The van der Waals surface area contributed by atoms with Gasteiger partial charge in [-0.05, 0) is 52.6 Å². The third kappa shape index (κ3) is 3.72. The lowest BCUT2D eigenvalue weighted by Crippen LogP contribution is -2.12. The van der Waals surface area contributed by atoms with Crippen molar-refractivity contribution >= 4 is 23.4 Å². The molecule has 0 radical (unpaired) electrons. The van der Waals surface area contributed by atoms with Crippen LogP contribution in [-0.2, 0) is 0 Å². The first-order valence-corrected chi connectivity index (χ1v) is 7.98. The zero-order valence-corrected chi connectivity index (χ0v) is 13.2. The highest BCUT2D eigenvalue weighted by Gasteiger charge is 2.07. The second-order valence-corrected chi connectivity index (χ2v) is 5.86. The Labute approximate surface area is 137 Å². The third-order valence-corrected chi connectivity index (χ3v) is 3.86. The molecule has 0 fully saturated rings. The second-order valence-electron chi connectivity index (χ2n) is 4.57. The van der Waals surface area contributed by atoms with E-state index in [1.165, 1.54) is 11.0 Å². The van der Waals surface area contributed by atoms with Gasteiger partial charge in [0.25, 0.3) is 5.91 Å². The number of tetrazole rings is 1. The molecule has 7 nitrogen and oxygen atoms in total. The zero-order valence-electron chi connectivity index (χ0n) is 12.4. The van der Waals surface area contributed by atoms with E-state index in [0.29, 0.717) is 11.3 Å². The van der Waals surface area contributed by atoms with Gasteiger partial charge in [0.1, 0.15) is 6.33 Å². The van der Waals surface area contributed by atoms with E-state index >= 15 is 0 Å². The van der Waals surface area contributed by atoms with Gasteiger partial charge in [0.2, 0.25) is 0 Å². The predicted molar refractivity (Wildman–Crippen MR) is 87.7 cm³/mol. The molecular weight excluding hydrogens is 312 g/mol. The lowest BCUT2D eigenvalue weighted by atomic mass is 10.2. The van der Waals surface area contributed by atoms with Crippen molar-refractivity contribution in [3.8, 4) is 5.69 Å². The van der Waals surface area contributed by atoms with Gasteiger partial charge in [0, 0.05) is 5.56 Å². The minimum Gasteiger partial charge on any atom is -0.321 e. The summed E-state index contributed by atoms with van der Waals surface area (Å²) in [6.45, 7) is 2.07. The van der Waals surface area contributed by atoms with E-state index < -0.39 is 0 Å². The van der Waals surface area contributed by atoms with E-state index in [9.17, 15) is 4.79 Å². The standard InChI is InChI=1S/C15H14N6OS/c1-2-23-14-8-5-12(9-16-14)18-15(22)11-3-6-13(7-4-11)21-10-17-19-20-21/h3-10H,2H2,1H3,(H,18,22). The van der Waals surface area contributed by atoms with Crippen molar-refractivity contribution in [3.05, 3.63) is 54.5 Å². The fraction of sp³-hybridized carbons (Fsp3) is 0.133. The number of carbonyl (C=O) groups excluding carboxylic acids is 1. The van der Waals surface area contributed by atoms with E-state index in [1.54, 1.807) is 42.2 Å². The van der Waals surface area contributed by atoms with Gasteiger partial charge in [-0.15, -0.1) is 16.9 Å². The maximum absolute atomic E-state index is 12.2. The molecule has 3 aromatic rings. The number of benzene rings is 1. The van der Waals surface area contributed by atoms with Crippen LogP contribution >= 0.6 is 11.8 Å². The Balaban J connectivity index is 1.68. The van der Waals surface area contributed by atoms with Crippen LogP contribution in [0, 0.1) is 0 Å². The van der Waals surface area contributed by atoms with Crippen molar-refractivity contribution in [1.82, 2.24) is 25.2 Å². The molecule has 0 aliphatic rings. The average molecular weight is 326 g/mol. The number of nitrogens with zero attached hydrogens (tertiary/aromatic N) is 5. The summed E-state index contributed by atoms with van der Waals surface area (Å²) in [6, 6.07) is 10.8. The van der Waals surface area contributed by atoms with Crippen molar-refractivity contribution in [2.24, 2.45) is 0 Å². The van der Waals surface area contributed by atoms with Crippen LogP contribution in [0.5, 0.6) is 0 Å². The number of carbonyl (C=O) groups is 1. The molecule has 2 heterocycles. The Morgan fingerprint density at radius 2 is 2.04 bits per heavy atom. The Kier molecular flexibility index (Phi) is 4.62. The molecule has 0 saturated heterocycles. The van der Waals surface area contributed by atoms with Crippen molar-refractivity contribution in [2.75, 3.05) is 11.1 Å². The summed E-state index contributed by atoms with van der Waals surface area (Å²) in [5.74, 6) is 0.776. The van der Waals surface area contributed by atoms with Crippen molar-refractivity contribution in [1.29, 1.82) is 0 Å². The summed E-state index contributed by atoms with van der Waals surface area (Å²) in [7, 11) is 0. The van der Waals surface area contributed by atoms with E-state index in [2.05, 4.69) is 32.7 Å². The van der Waals surface area contributed by atoms with Crippen LogP contribution < -0.4 is 5.32 Å².